The first-order valence-corrected chi connectivity index (χ1v) is 8.05. The van der Waals surface area contributed by atoms with Crippen LogP contribution in [-0.2, 0) is 17.4 Å². The summed E-state index contributed by atoms with van der Waals surface area (Å²) < 4.78 is 39.1. The molecule has 0 saturated carbocycles. The maximum absolute atomic E-state index is 13.0. The Morgan fingerprint density at radius 1 is 1.12 bits per heavy atom. The van der Waals surface area contributed by atoms with Gasteiger partial charge in [-0.3, -0.25) is 9.59 Å². The van der Waals surface area contributed by atoms with Gasteiger partial charge in [0.05, 0.1) is 11.1 Å². The Morgan fingerprint density at radius 3 is 2.35 bits per heavy atom. The predicted molar refractivity (Wildman–Crippen MR) is 92.1 cm³/mol. The highest BCUT2D eigenvalue weighted by Gasteiger charge is 2.35. The van der Waals surface area contributed by atoms with E-state index in [1.165, 1.54) is 30.3 Å². The molecule has 2 aromatic carbocycles. The van der Waals surface area contributed by atoms with E-state index in [4.69, 9.17) is 28.9 Å². The maximum Gasteiger partial charge on any atom is 0.417 e. The molecule has 1 atom stereocenters. The zero-order chi connectivity index (χ0) is 19.5. The van der Waals surface area contributed by atoms with Crippen molar-refractivity contribution >= 4 is 35.0 Å². The molecule has 0 aliphatic rings. The molecule has 4 nitrogen and oxygen atoms in total. The minimum atomic E-state index is -4.71. The minimum Gasteiger partial charge on any atom is -0.368 e. The van der Waals surface area contributed by atoms with Crippen molar-refractivity contribution < 1.29 is 22.8 Å². The summed E-state index contributed by atoms with van der Waals surface area (Å²) in [7, 11) is 0. The smallest absolute Gasteiger partial charge is 0.368 e. The minimum absolute atomic E-state index is 0.0920. The number of benzene rings is 2. The number of amides is 2. The van der Waals surface area contributed by atoms with Crippen molar-refractivity contribution in [2.75, 3.05) is 0 Å². The molecule has 2 rings (SSSR count). The van der Waals surface area contributed by atoms with Crippen LogP contribution in [0.5, 0.6) is 0 Å². The fraction of sp³-hybridized carbons (Fsp3) is 0.176. The van der Waals surface area contributed by atoms with Gasteiger partial charge >= 0.3 is 6.18 Å². The first-order valence-electron chi connectivity index (χ1n) is 7.30. The molecule has 0 saturated heterocycles. The van der Waals surface area contributed by atoms with E-state index in [-0.39, 0.29) is 11.4 Å². The van der Waals surface area contributed by atoms with Gasteiger partial charge in [0, 0.05) is 16.5 Å². The van der Waals surface area contributed by atoms with E-state index >= 15 is 0 Å². The Hall–Kier alpha value is -2.25. The highest BCUT2D eigenvalue weighted by molar-refractivity contribution is 6.35. The average Bonchev–Trinajstić information content (AvgIpc) is 2.55. The quantitative estimate of drug-likeness (QED) is 0.794. The summed E-state index contributed by atoms with van der Waals surface area (Å²) >= 11 is 11.8. The van der Waals surface area contributed by atoms with Crippen molar-refractivity contribution in [3.05, 3.63) is 69.2 Å². The fourth-order valence-corrected chi connectivity index (χ4v) is 2.78. The van der Waals surface area contributed by atoms with Crippen LogP contribution in [0.3, 0.4) is 0 Å². The maximum atomic E-state index is 13.0. The average molecular weight is 405 g/mol. The van der Waals surface area contributed by atoms with E-state index in [2.05, 4.69) is 5.32 Å². The normalized spacial score (nSPS) is 12.5. The summed E-state index contributed by atoms with van der Waals surface area (Å²) in [4.78, 5) is 23.9. The third-order valence-electron chi connectivity index (χ3n) is 3.57. The van der Waals surface area contributed by atoms with Crippen molar-refractivity contribution in [2.24, 2.45) is 5.73 Å². The number of primary amides is 1. The van der Waals surface area contributed by atoms with Gasteiger partial charge in [-0.15, -0.1) is 0 Å². The van der Waals surface area contributed by atoms with E-state index in [0.717, 1.165) is 12.1 Å². The lowest BCUT2D eigenvalue weighted by Gasteiger charge is -2.18. The number of rotatable bonds is 5. The molecule has 26 heavy (non-hydrogen) atoms. The third-order valence-corrected chi connectivity index (χ3v) is 4.15. The van der Waals surface area contributed by atoms with Gasteiger partial charge in [0.1, 0.15) is 6.04 Å². The number of hydrogen-bond acceptors (Lipinski definition) is 2. The molecule has 138 valence electrons. The summed E-state index contributed by atoms with van der Waals surface area (Å²) in [5, 5.41) is 2.85. The Balaban J connectivity index is 2.26. The van der Waals surface area contributed by atoms with Gasteiger partial charge in [-0.1, -0.05) is 41.4 Å². The first kappa shape index (κ1) is 20.1. The summed E-state index contributed by atoms with van der Waals surface area (Å²) in [5.41, 5.74) is 4.02. The van der Waals surface area contributed by atoms with Crippen LogP contribution < -0.4 is 11.1 Å². The number of carbonyl (C=O) groups excluding carboxylic acids is 2. The highest BCUT2D eigenvalue weighted by Crippen LogP contribution is 2.32. The van der Waals surface area contributed by atoms with Crippen molar-refractivity contribution in [1.29, 1.82) is 0 Å². The lowest BCUT2D eigenvalue weighted by Crippen LogP contribution is -2.46. The molecule has 0 radical (unpaired) electrons. The molecular weight excluding hydrogens is 392 g/mol. The van der Waals surface area contributed by atoms with Crippen molar-refractivity contribution in [3.8, 4) is 0 Å². The van der Waals surface area contributed by atoms with Crippen LogP contribution in [0.1, 0.15) is 21.5 Å². The standard InChI is InChI=1S/C17H13Cl2F3N2O2/c18-10-6-5-9(13(19)8-10)7-14(15(23)25)24-16(26)11-3-1-2-4-12(11)17(20,21)22/h1-6,8,14H,7H2,(H2,23,25)(H,24,26)/t14-/m1/s1. The molecule has 2 amide bonds. The van der Waals surface area contributed by atoms with E-state index in [0.29, 0.717) is 10.6 Å². The van der Waals surface area contributed by atoms with Gasteiger partial charge in [0.2, 0.25) is 5.91 Å². The van der Waals surface area contributed by atoms with Gasteiger partial charge in [-0.25, -0.2) is 0 Å². The van der Waals surface area contributed by atoms with Crippen molar-refractivity contribution in [2.45, 2.75) is 18.6 Å². The van der Waals surface area contributed by atoms with E-state index in [1.807, 2.05) is 0 Å². The summed E-state index contributed by atoms with van der Waals surface area (Å²) in [6.07, 6.45) is -4.80. The van der Waals surface area contributed by atoms with Crippen LogP contribution in [0.2, 0.25) is 10.0 Å². The largest absolute Gasteiger partial charge is 0.417 e. The molecule has 2 aromatic rings. The van der Waals surface area contributed by atoms with Crippen LogP contribution in [0.25, 0.3) is 0 Å². The number of nitrogens with one attached hydrogen (secondary N) is 1. The number of alkyl halides is 3. The second-order valence-corrected chi connectivity index (χ2v) is 6.26. The molecule has 0 bridgehead atoms. The number of nitrogens with two attached hydrogens (primary N) is 1. The topological polar surface area (TPSA) is 72.2 Å². The molecule has 3 N–H and O–H groups in total. The summed E-state index contributed by atoms with van der Waals surface area (Å²) in [6.45, 7) is 0. The van der Waals surface area contributed by atoms with E-state index < -0.39 is 35.2 Å². The molecule has 0 heterocycles. The lowest BCUT2D eigenvalue weighted by atomic mass is 10.0. The Bertz CT molecular complexity index is 841. The van der Waals surface area contributed by atoms with Crippen LogP contribution in [0.4, 0.5) is 13.2 Å². The SMILES string of the molecule is NC(=O)[C@@H](Cc1ccc(Cl)cc1Cl)NC(=O)c1ccccc1C(F)(F)F. The predicted octanol–water partition coefficient (Wildman–Crippen LogP) is 3.84. The molecule has 0 aliphatic carbocycles. The Labute approximate surface area is 157 Å². The lowest BCUT2D eigenvalue weighted by molar-refractivity contribution is -0.137. The molecule has 9 heteroatoms. The van der Waals surface area contributed by atoms with Gasteiger partial charge in [0.15, 0.2) is 0 Å². The zero-order valence-electron chi connectivity index (χ0n) is 13.1. The second kappa shape index (κ2) is 7.97. The van der Waals surface area contributed by atoms with Crippen LogP contribution >= 0.6 is 23.2 Å². The molecule has 0 aromatic heterocycles. The zero-order valence-corrected chi connectivity index (χ0v) is 14.6. The fourth-order valence-electron chi connectivity index (χ4n) is 2.29. The summed E-state index contributed by atoms with van der Waals surface area (Å²) in [5.74, 6) is -1.97. The number of carbonyl (C=O) groups is 2. The molecule has 0 spiro atoms. The summed E-state index contributed by atoms with van der Waals surface area (Å²) in [6, 6.07) is 7.52. The second-order valence-electron chi connectivity index (χ2n) is 5.41. The van der Waals surface area contributed by atoms with Gasteiger partial charge in [0.25, 0.3) is 5.91 Å². The number of halogens is 5. The van der Waals surface area contributed by atoms with Crippen LogP contribution in [-0.4, -0.2) is 17.9 Å². The highest BCUT2D eigenvalue weighted by atomic mass is 35.5. The first-order chi connectivity index (χ1) is 12.1. The molecule has 0 aliphatic heterocycles. The van der Waals surface area contributed by atoms with Gasteiger partial charge in [-0.05, 0) is 29.8 Å². The Morgan fingerprint density at radius 2 is 1.77 bits per heavy atom. The molecule has 0 fully saturated rings. The van der Waals surface area contributed by atoms with Crippen molar-refractivity contribution in [1.82, 2.24) is 5.32 Å². The molecular formula is C17H13Cl2F3N2O2. The van der Waals surface area contributed by atoms with Crippen LogP contribution in [0.15, 0.2) is 42.5 Å². The van der Waals surface area contributed by atoms with Crippen molar-refractivity contribution in [3.63, 3.8) is 0 Å². The monoisotopic (exact) mass is 404 g/mol. The Kier molecular flexibility index (Phi) is 6.15. The molecule has 0 unspecified atom stereocenters. The number of hydrogen-bond donors (Lipinski definition) is 2. The third kappa shape index (κ3) is 4.89. The van der Waals surface area contributed by atoms with Gasteiger partial charge in [-0.2, -0.15) is 13.2 Å². The van der Waals surface area contributed by atoms with E-state index in [9.17, 15) is 22.8 Å². The van der Waals surface area contributed by atoms with Crippen LogP contribution in [0, 0.1) is 0 Å². The van der Waals surface area contributed by atoms with E-state index in [1.54, 1.807) is 0 Å². The van der Waals surface area contributed by atoms with Gasteiger partial charge < -0.3 is 11.1 Å².